The van der Waals surface area contributed by atoms with Crippen LogP contribution in [0, 0.1) is 5.92 Å². The first-order valence-electron chi connectivity index (χ1n) is 5.86. The van der Waals surface area contributed by atoms with Crippen LogP contribution in [0.2, 0.25) is 5.02 Å². The summed E-state index contributed by atoms with van der Waals surface area (Å²) in [5.74, 6) is 0.250. The van der Waals surface area contributed by atoms with Gasteiger partial charge in [0.1, 0.15) is 0 Å². The van der Waals surface area contributed by atoms with Crippen molar-refractivity contribution >= 4 is 28.2 Å². The molecule has 0 bridgehead atoms. The number of fused-ring (bicyclic) bond motifs is 1. The van der Waals surface area contributed by atoms with Gasteiger partial charge in [-0.1, -0.05) is 49.7 Å². The van der Waals surface area contributed by atoms with Crippen LogP contribution in [0.15, 0.2) is 36.4 Å². The molecule has 17 heavy (non-hydrogen) atoms. The van der Waals surface area contributed by atoms with E-state index < -0.39 is 0 Å². The lowest BCUT2D eigenvalue weighted by molar-refractivity contribution is 0.0929. The molecular formula is C15H15ClO. The van der Waals surface area contributed by atoms with E-state index in [0.29, 0.717) is 5.02 Å². The summed E-state index contributed by atoms with van der Waals surface area (Å²) in [4.78, 5) is 12.3. The highest BCUT2D eigenvalue weighted by atomic mass is 35.5. The Morgan fingerprint density at radius 3 is 2.47 bits per heavy atom. The van der Waals surface area contributed by atoms with Crippen molar-refractivity contribution in [3.63, 3.8) is 0 Å². The lowest BCUT2D eigenvalue weighted by Gasteiger charge is -2.11. The zero-order valence-corrected chi connectivity index (χ0v) is 10.8. The zero-order chi connectivity index (χ0) is 12.4. The molecule has 0 amide bonds. The second kappa shape index (κ2) is 4.89. The fourth-order valence-corrected chi connectivity index (χ4v) is 2.16. The molecule has 0 aliphatic carbocycles. The number of carbonyl (C=O) groups is 1. The lowest BCUT2D eigenvalue weighted by atomic mass is 9.93. The molecule has 0 fully saturated rings. The smallest absolute Gasteiger partial charge is 0.166 e. The van der Waals surface area contributed by atoms with Gasteiger partial charge in [-0.05, 0) is 23.9 Å². The fourth-order valence-electron chi connectivity index (χ4n) is 1.93. The Bertz CT molecular complexity index is 560. The van der Waals surface area contributed by atoms with Crippen LogP contribution in [0.5, 0.6) is 0 Å². The normalized spacial score (nSPS) is 12.6. The molecular weight excluding hydrogens is 232 g/mol. The van der Waals surface area contributed by atoms with Gasteiger partial charge in [0, 0.05) is 21.9 Å². The molecule has 0 N–H and O–H groups in total. The molecule has 1 atom stereocenters. The number of carbonyl (C=O) groups excluding carboxylic acids is 1. The van der Waals surface area contributed by atoms with Gasteiger partial charge in [0.2, 0.25) is 0 Å². The molecule has 2 aromatic carbocycles. The molecule has 0 saturated heterocycles. The summed E-state index contributed by atoms with van der Waals surface area (Å²) in [6.45, 7) is 3.99. The summed E-state index contributed by atoms with van der Waals surface area (Å²) in [6, 6.07) is 11.4. The van der Waals surface area contributed by atoms with E-state index in [-0.39, 0.29) is 11.7 Å². The maximum absolute atomic E-state index is 12.3. The summed E-state index contributed by atoms with van der Waals surface area (Å²) in [6.07, 6.45) is 0.857. The molecule has 1 nitrogen and oxygen atoms in total. The molecule has 0 radical (unpaired) electrons. The first-order valence-corrected chi connectivity index (χ1v) is 6.24. The van der Waals surface area contributed by atoms with Crippen LogP contribution < -0.4 is 0 Å². The van der Waals surface area contributed by atoms with Crippen molar-refractivity contribution < 1.29 is 4.79 Å². The van der Waals surface area contributed by atoms with Gasteiger partial charge >= 0.3 is 0 Å². The third-order valence-electron chi connectivity index (χ3n) is 3.20. The highest BCUT2D eigenvalue weighted by Gasteiger charge is 2.16. The van der Waals surface area contributed by atoms with Gasteiger partial charge < -0.3 is 0 Å². The van der Waals surface area contributed by atoms with Crippen molar-refractivity contribution in [3.8, 4) is 0 Å². The largest absolute Gasteiger partial charge is 0.294 e. The van der Waals surface area contributed by atoms with Gasteiger partial charge in [-0.25, -0.2) is 0 Å². The van der Waals surface area contributed by atoms with Crippen molar-refractivity contribution in [3.05, 3.63) is 47.0 Å². The van der Waals surface area contributed by atoms with Crippen LogP contribution in [-0.2, 0) is 0 Å². The molecule has 0 spiro atoms. The second-order valence-electron chi connectivity index (χ2n) is 4.31. The monoisotopic (exact) mass is 246 g/mol. The third-order valence-corrected chi connectivity index (χ3v) is 3.53. The molecule has 0 aliphatic rings. The van der Waals surface area contributed by atoms with E-state index in [0.717, 1.165) is 22.8 Å². The van der Waals surface area contributed by atoms with E-state index in [4.69, 9.17) is 11.6 Å². The highest BCUT2D eigenvalue weighted by molar-refractivity contribution is 6.36. The first-order chi connectivity index (χ1) is 8.15. The number of benzene rings is 2. The quantitative estimate of drug-likeness (QED) is 0.716. The molecule has 2 aromatic rings. The van der Waals surface area contributed by atoms with Crippen molar-refractivity contribution in [1.29, 1.82) is 0 Å². The van der Waals surface area contributed by atoms with Crippen LogP contribution in [-0.4, -0.2) is 5.78 Å². The van der Waals surface area contributed by atoms with Gasteiger partial charge in [0.15, 0.2) is 5.78 Å². The Morgan fingerprint density at radius 2 is 1.82 bits per heavy atom. The van der Waals surface area contributed by atoms with Crippen LogP contribution in [0.4, 0.5) is 0 Å². The molecule has 1 unspecified atom stereocenters. The summed E-state index contributed by atoms with van der Waals surface area (Å²) >= 11 is 6.14. The Morgan fingerprint density at radius 1 is 1.18 bits per heavy atom. The molecule has 0 heterocycles. The van der Waals surface area contributed by atoms with E-state index in [1.54, 1.807) is 6.07 Å². The third kappa shape index (κ3) is 2.20. The van der Waals surface area contributed by atoms with Crippen LogP contribution in [0.1, 0.15) is 30.6 Å². The van der Waals surface area contributed by atoms with E-state index >= 15 is 0 Å². The molecule has 2 rings (SSSR count). The van der Waals surface area contributed by atoms with Gasteiger partial charge in [0.25, 0.3) is 0 Å². The maximum atomic E-state index is 12.3. The molecule has 0 saturated carbocycles. The van der Waals surface area contributed by atoms with Gasteiger partial charge in [0.05, 0.1) is 0 Å². The van der Waals surface area contributed by atoms with E-state index in [9.17, 15) is 4.79 Å². The van der Waals surface area contributed by atoms with Crippen molar-refractivity contribution in [2.45, 2.75) is 20.3 Å². The number of rotatable bonds is 3. The maximum Gasteiger partial charge on any atom is 0.166 e. The topological polar surface area (TPSA) is 17.1 Å². The predicted molar refractivity (Wildman–Crippen MR) is 72.7 cm³/mol. The lowest BCUT2D eigenvalue weighted by Crippen LogP contribution is -2.10. The number of halogens is 1. The fraction of sp³-hybridized carbons (Fsp3) is 0.267. The SMILES string of the molecule is CCC(C)C(=O)c1ccc(Cl)c2ccccc12. The second-order valence-corrected chi connectivity index (χ2v) is 4.72. The average molecular weight is 247 g/mol. The van der Waals surface area contributed by atoms with Gasteiger partial charge in [-0.15, -0.1) is 0 Å². The molecule has 0 aromatic heterocycles. The number of hydrogen-bond donors (Lipinski definition) is 0. The number of hydrogen-bond acceptors (Lipinski definition) is 1. The van der Waals surface area contributed by atoms with Crippen molar-refractivity contribution in [2.75, 3.05) is 0 Å². The van der Waals surface area contributed by atoms with Crippen molar-refractivity contribution in [1.82, 2.24) is 0 Å². The highest BCUT2D eigenvalue weighted by Crippen LogP contribution is 2.28. The van der Waals surface area contributed by atoms with Crippen LogP contribution in [0.25, 0.3) is 10.8 Å². The Labute approximate surface area is 106 Å². The summed E-state index contributed by atoms with van der Waals surface area (Å²) in [5.41, 5.74) is 0.777. The Kier molecular flexibility index (Phi) is 3.49. The van der Waals surface area contributed by atoms with E-state index in [1.807, 2.05) is 44.2 Å². The summed E-state index contributed by atoms with van der Waals surface area (Å²) in [7, 11) is 0. The summed E-state index contributed by atoms with van der Waals surface area (Å²) in [5, 5.41) is 2.59. The Balaban J connectivity index is 2.63. The Hall–Kier alpha value is -1.34. The molecule has 0 aliphatic heterocycles. The minimum atomic E-state index is 0.0552. The first kappa shape index (κ1) is 12.1. The summed E-state index contributed by atoms with van der Waals surface area (Å²) < 4.78 is 0. The van der Waals surface area contributed by atoms with Crippen LogP contribution >= 0.6 is 11.6 Å². The minimum Gasteiger partial charge on any atom is -0.294 e. The average Bonchev–Trinajstić information content (AvgIpc) is 2.38. The van der Waals surface area contributed by atoms with Gasteiger partial charge in [-0.2, -0.15) is 0 Å². The number of Topliss-reactive ketones (excluding diaryl/α,β-unsaturated/α-hetero) is 1. The zero-order valence-electron chi connectivity index (χ0n) is 10.0. The standard InChI is InChI=1S/C15H15ClO/c1-3-10(2)15(17)13-8-9-14(16)12-7-5-4-6-11(12)13/h4-10H,3H2,1-2H3. The molecule has 2 heteroatoms. The van der Waals surface area contributed by atoms with Crippen LogP contribution in [0.3, 0.4) is 0 Å². The number of ketones is 1. The minimum absolute atomic E-state index is 0.0552. The molecule has 88 valence electrons. The van der Waals surface area contributed by atoms with E-state index in [1.165, 1.54) is 0 Å². The van der Waals surface area contributed by atoms with E-state index in [2.05, 4.69) is 0 Å². The van der Waals surface area contributed by atoms with Gasteiger partial charge in [-0.3, -0.25) is 4.79 Å². The predicted octanol–water partition coefficient (Wildman–Crippen LogP) is 4.72. The van der Waals surface area contributed by atoms with Crippen molar-refractivity contribution in [2.24, 2.45) is 5.92 Å².